The Kier molecular flexibility index (Phi) is 9.29. The first-order valence-electron chi connectivity index (χ1n) is 12.3. The quantitative estimate of drug-likeness (QED) is 0.363. The molecule has 35 heavy (non-hydrogen) atoms. The summed E-state index contributed by atoms with van der Waals surface area (Å²) in [5.41, 5.74) is 12.1. The van der Waals surface area contributed by atoms with Crippen LogP contribution in [0.2, 0.25) is 0 Å². The van der Waals surface area contributed by atoms with Crippen LogP contribution in [0.3, 0.4) is 0 Å². The summed E-state index contributed by atoms with van der Waals surface area (Å²) in [6.45, 7) is 11.4. The van der Waals surface area contributed by atoms with Crippen LogP contribution in [0.4, 0.5) is 5.69 Å². The molecular formula is C29H38N4O2. The Bertz CT molecular complexity index is 1190. The third kappa shape index (κ3) is 6.21. The summed E-state index contributed by atoms with van der Waals surface area (Å²) in [5.74, 6) is -0.458. The van der Waals surface area contributed by atoms with E-state index in [1.807, 2.05) is 56.3 Å². The van der Waals surface area contributed by atoms with Gasteiger partial charge in [0.25, 0.3) is 5.91 Å². The number of nitrogens with one attached hydrogen (secondary N) is 1. The minimum atomic E-state index is -0.458. The number of anilines is 1. The highest BCUT2D eigenvalue weighted by Crippen LogP contribution is 2.32. The van der Waals surface area contributed by atoms with E-state index < -0.39 is 5.91 Å². The SMILES string of the molecule is C/C=C(/C=C(/C(N)=O)c1[nH]c2ccc(N(C)N3CCOCC3)cc2c1C)c1ccccc1.CCC. The van der Waals surface area contributed by atoms with Crippen molar-refractivity contribution < 1.29 is 9.53 Å². The molecule has 0 saturated carbocycles. The number of allylic oxidation sites excluding steroid dienone is 3. The molecule has 1 aromatic heterocycles. The highest BCUT2D eigenvalue weighted by Gasteiger charge is 2.19. The fraction of sp³-hybridized carbons (Fsp3) is 0.345. The van der Waals surface area contributed by atoms with E-state index in [9.17, 15) is 4.79 Å². The minimum Gasteiger partial charge on any atom is -0.379 e. The molecule has 0 unspecified atom stereocenters. The first kappa shape index (κ1) is 26.3. The van der Waals surface area contributed by atoms with Crippen LogP contribution in [0.1, 0.15) is 44.0 Å². The van der Waals surface area contributed by atoms with Crippen molar-refractivity contribution in [2.24, 2.45) is 5.73 Å². The maximum absolute atomic E-state index is 12.5. The molecule has 3 N–H and O–H groups in total. The van der Waals surface area contributed by atoms with Crippen LogP contribution in [-0.2, 0) is 9.53 Å². The number of nitrogens with two attached hydrogens (primary N) is 1. The summed E-state index contributed by atoms with van der Waals surface area (Å²) < 4.78 is 5.47. The van der Waals surface area contributed by atoms with Crippen molar-refractivity contribution >= 4 is 33.6 Å². The Morgan fingerprint density at radius 2 is 1.80 bits per heavy atom. The molecule has 1 saturated heterocycles. The summed E-state index contributed by atoms with van der Waals surface area (Å²) in [6, 6.07) is 16.3. The zero-order valence-corrected chi connectivity index (χ0v) is 21.6. The van der Waals surface area contributed by atoms with Crippen molar-refractivity contribution in [1.29, 1.82) is 0 Å². The number of hydrazine groups is 1. The Hall–Kier alpha value is -3.35. The zero-order valence-electron chi connectivity index (χ0n) is 21.6. The topological polar surface area (TPSA) is 74.6 Å². The van der Waals surface area contributed by atoms with E-state index in [4.69, 9.17) is 10.5 Å². The molecule has 4 rings (SSSR count). The number of ether oxygens (including phenoxy) is 1. The zero-order chi connectivity index (χ0) is 25.4. The minimum absolute atomic E-state index is 0.458. The van der Waals surface area contributed by atoms with Gasteiger partial charge in [-0.1, -0.05) is 56.7 Å². The second-order valence-electron chi connectivity index (χ2n) is 8.68. The highest BCUT2D eigenvalue weighted by molar-refractivity contribution is 6.21. The lowest BCUT2D eigenvalue weighted by Gasteiger charge is -2.36. The molecule has 1 aliphatic heterocycles. The average Bonchev–Trinajstić information content (AvgIpc) is 3.21. The number of hydrogen-bond acceptors (Lipinski definition) is 4. The van der Waals surface area contributed by atoms with Crippen LogP contribution < -0.4 is 10.7 Å². The van der Waals surface area contributed by atoms with E-state index in [0.717, 1.165) is 65.3 Å². The Morgan fingerprint density at radius 1 is 1.14 bits per heavy atom. The van der Waals surface area contributed by atoms with Gasteiger partial charge in [-0.3, -0.25) is 4.79 Å². The lowest BCUT2D eigenvalue weighted by atomic mass is 9.99. The molecule has 1 fully saturated rings. The fourth-order valence-electron chi connectivity index (χ4n) is 4.19. The number of primary amides is 1. The molecule has 1 amide bonds. The summed E-state index contributed by atoms with van der Waals surface area (Å²) in [5, 5.41) is 5.53. The summed E-state index contributed by atoms with van der Waals surface area (Å²) in [7, 11) is 2.07. The second-order valence-corrected chi connectivity index (χ2v) is 8.68. The first-order chi connectivity index (χ1) is 16.9. The number of aromatic nitrogens is 1. The molecule has 3 aromatic rings. The molecule has 2 heterocycles. The Balaban J connectivity index is 0.00000108. The maximum atomic E-state index is 12.5. The van der Waals surface area contributed by atoms with Crippen molar-refractivity contribution in [3.8, 4) is 0 Å². The predicted octanol–water partition coefficient (Wildman–Crippen LogP) is 5.55. The highest BCUT2D eigenvalue weighted by atomic mass is 16.5. The van der Waals surface area contributed by atoms with E-state index in [1.165, 1.54) is 6.42 Å². The van der Waals surface area contributed by atoms with Gasteiger partial charge in [-0.25, -0.2) is 5.01 Å². The average molecular weight is 475 g/mol. The molecule has 186 valence electrons. The van der Waals surface area contributed by atoms with E-state index in [2.05, 4.69) is 54.1 Å². The molecule has 0 spiro atoms. The monoisotopic (exact) mass is 474 g/mol. The third-order valence-electron chi connectivity index (χ3n) is 6.08. The molecule has 0 atom stereocenters. The smallest absolute Gasteiger partial charge is 0.250 e. The standard InChI is InChI=1S/C26H30N4O2.C3H8/c1-4-19(20-8-6-5-7-9-20)16-23(26(27)31)25-18(2)22-17-21(10-11-24(22)28-25)29(3)30-12-14-32-15-13-30;1-3-2/h4-11,16-17,28H,12-15H2,1-3H3,(H2,27,31);3H2,1-2H3/b19-4-,23-16+;. The largest absolute Gasteiger partial charge is 0.379 e. The van der Waals surface area contributed by atoms with Gasteiger partial charge in [0.1, 0.15) is 0 Å². The lowest BCUT2D eigenvalue weighted by Crippen LogP contribution is -2.47. The molecule has 0 radical (unpaired) electrons. The Morgan fingerprint density at radius 3 is 2.40 bits per heavy atom. The van der Waals surface area contributed by atoms with Crippen LogP contribution in [0, 0.1) is 6.92 Å². The second kappa shape index (κ2) is 12.4. The maximum Gasteiger partial charge on any atom is 0.250 e. The van der Waals surface area contributed by atoms with Crippen LogP contribution in [0.25, 0.3) is 22.0 Å². The molecule has 6 nitrogen and oxygen atoms in total. The van der Waals surface area contributed by atoms with Crippen molar-refractivity contribution in [2.45, 2.75) is 34.1 Å². The molecular weight excluding hydrogens is 436 g/mol. The van der Waals surface area contributed by atoms with Gasteiger partial charge in [0.15, 0.2) is 0 Å². The van der Waals surface area contributed by atoms with E-state index >= 15 is 0 Å². The van der Waals surface area contributed by atoms with Gasteiger partial charge >= 0.3 is 0 Å². The third-order valence-corrected chi connectivity index (χ3v) is 6.08. The molecule has 1 aliphatic rings. The van der Waals surface area contributed by atoms with Gasteiger partial charge in [-0.15, -0.1) is 0 Å². The number of aryl methyl sites for hydroxylation is 1. The van der Waals surface area contributed by atoms with E-state index in [-0.39, 0.29) is 0 Å². The van der Waals surface area contributed by atoms with Crippen LogP contribution in [0.15, 0.2) is 60.7 Å². The number of carbonyl (C=O) groups excluding carboxylic acids is 1. The summed E-state index contributed by atoms with van der Waals surface area (Å²) in [6.07, 6.45) is 5.11. The number of aromatic amines is 1. The number of fused-ring (bicyclic) bond motifs is 1. The van der Waals surface area contributed by atoms with Gasteiger partial charge in [-0.05, 0) is 54.8 Å². The summed E-state index contributed by atoms with van der Waals surface area (Å²) in [4.78, 5) is 15.9. The number of carbonyl (C=O) groups is 1. The Labute approximate surface area is 209 Å². The van der Waals surface area contributed by atoms with Crippen LogP contribution in [0.5, 0.6) is 0 Å². The number of H-pyrrole nitrogens is 1. The van der Waals surface area contributed by atoms with Crippen molar-refractivity contribution in [2.75, 3.05) is 38.4 Å². The van der Waals surface area contributed by atoms with Crippen LogP contribution >= 0.6 is 0 Å². The number of amides is 1. The number of benzene rings is 2. The molecule has 0 bridgehead atoms. The van der Waals surface area contributed by atoms with Crippen molar-refractivity contribution in [3.63, 3.8) is 0 Å². The van der Waals surface area contributed by atoms with Gasteiger partial charge in [0.2, 0.25) is 0 Å². The lowest BCUT2D eigenvalue weighted by molar-refractivity contribution is -0.112. The van der Waals surface area contributed by atoms with Gasteiger partial charge in [0.05, 0.1) is 30.2 Å². The number of hydrogen-bond donors (Lipinski definition) is 2. The van der Waals surface area contributed by atoms with Crippen molar-refractivity contribution in [3.05, 3.63) is 77.5 Å². The van der Waals surface area contributed by atoms with Gasteiger partial charge < -0.3 is 20.5 Å². The number of morpholine rings is 1. The van der Waals surface area contributed by atoms with Gasteiger partial charge in [0, 0.05) is 31.0 Å². The first-order valence-corrected chi connectivity index (χ1v) is 12.3. The molecule has 6 heteroatoms. The normalized spacial score (nSPS) is 15.0. The fourth-order valence-corrected chi connectivity index (χ4v) is 4.19. The van der Waals surface area contributed by atoms with E-state index in [1.54, 1.807) is 0 Å². The van der Waals surface area contributed by atoms with Gasteiger partial charge in [-0.2, -0.15) is 0 Å². The van der Waals surface area contributed by atoms with Crippen LogP contribution in [-0.4, -0.2) is 49.3 Å². The summed E-state index contributed by atoms with van der Waals surface area (Å²) >= 11 is 0. The predicted molar refractivity (Wildman–Crippen MR) is 147 cm³/mol. The molecule has 0 aliphatic carbocycles. The number of rotatable bonds is 6. The van der Waals surface area contributed by atoms with E-state index in [0.29, 0.717) is 5.57 Å². The number of nitrogens with zero attached hydrogens (tertiary/aromatic N) is 2. The van der Waals surface area contributed by atoms with Crippen molar-refractivity contribution in [1.82, 2.24) is 9.99 Å². The molecule has 2 aromatic carbocycles.